The molecule has 6 N–H and O–H groups in total. The lowest BCUT2D eigenvalue weighted by Crippen LogP contribution is -2.62. The van der Waals surface area contributed by atoms with Gasteiger partial charge in [0.15, 0.2) is 0 Å². The quantitative estimate of drug-likeness (QED) is 0.178. The number of aliphatic hydroxyl groups is 1. The number of rotatable bonds is 4. The number of hydrogen-bond donors (Lipinski definition) is 5. The zero-order chi connectivity index (χ0) is 22.0. The van der Waals surface area contributed by atoms with Crippen LogP contribution in [0.5, 0.6) is 0 Å². The van der Waals surface area contributed by atoms with Crippen molar-refractivity contribution in [2.45, 2.75) is 25.5 Å². The molecule has 0 saturated carbocycles. The van der Waals surface area contributed by atoms with E-state index in [2.05, 4.69) is 30.3 Å². The standard InChI is InChI=1S/C20H21N3O4.C2H4/c1-13(24)20(2,19(26)23-27)22-18(25)16-9-5-14(6-10-16)3-4-15-7-11-17(21)12-8-15;1-2/h5-13,24,27H,21H2,1-2H3,(H,22,25)(H,23,26);1-2H2. The summed E-state index contributed by atoms with van der Waals surface area (Å²) in [5.74, 6) is 4.48. The Bertz CT molecular complexity index is 896. The molecule has 0 aliphatic carbocycles. The Kier molecular flexibility index (Phi) is 8.62. The van der Waals surface area contributed by atoms with Crippen molar-refractivity contribution in [2.75, 3.05) is 5.73 Å². The smallest absolute Gasteiger partial charge is 0.271 e. The Balaban J connectivity index is 0.00000204. The fraction of sp³-hybridized carbons (Fsp3) is 0.182. The van der Waals surface area contributed by atoms with Gasteiger partial charge in [-0.3, -0.25) is 14.8 Å². The lowest BCUT2D eigenvalue weighted by atomic mass is 9.94. The molecule has 2 aromatic carbocycles. The molecule has 2 aromatic rings. The van der Waals surface area contributed by atoms with E-state index in [1.165, 1.54) is 19.3 Å². The van der Waals surface area contributed by atoms with Crippen molar-refractivity contribution in [1.82, 2.24) is 10.8 Å². The number of amides is 2. The highest BCUT2D eigenvalue weighted by atomic mass is 16.5. The van der Waals surface area contributed by atoms with Crippen LogP contribution in [0.3, 0.4) is 0 Å². The first-order valence-corrected chi connectivity index (χ1v) is 8.69. The van der Waals surface area contributed by atoms with Gasteiger partial charge >= 0.3 is 0 Å². The molecule has 29 heavy (non-hydrogen) atoms. The van der Waals surface area contributed by atoms with Crippen LogP contribution in [0.4, 0.5) is 5.69 Å². The molecule has 2 unspecified atom stereocenters. The van der Waals surface area contributed by atoms with E-state index >= 15 is 0 Å². The predicted octanol–water partition coefficient (Wildman–Crippen LogP) is 1.85. The van der Waals surface area contributed by atoms with Gasteiger partial charge in [-0.15, -0.1) is 13.2 Å². The molecule has 0 aliphatic heterocycles. The third-order valence-corrected chi connectivity index (χ3v) is 4.19. The third kappa shape index (κ3) is 6.21. The molecule has 152 valence electrons. The average Bonchev–Trinajstić information content (AvgIpc) is 2.74. The summed E-state index contributed by atoms with van der Waals surface area (Å²) in [6.45, 7) is 8.65. The van der Waals surface area contributed by atoms with Crippen molar-refractivity contribution < 1.29 is 19.9 Å². The molecule has 0 saturated heterocycles. The van der Waals surface area contributed by atoms with Gasteiger partial charge in [0.1, 0.15) is 5.54 Å². The van der Waals surface area contributed by atoms with Crippen molar-refractivity contribution >= 4 is 17.5 Å². The lowest BCUT2D eigenvalue weighted by molar-refractivity contribution is -0.139. The maximum absolute atomic E-state index is 12.4. The topological polar surface area (TPSA) is 125 Å². The Morgan fingerprint density at radius 2 is 1.48 bits per heavy atom. The first-order valence-electron chi connectivity index (χ1n) is 8.69. The van der Waals surface area contributed by atoms with Crippen molar-refractivity contribution in [1.29, 1.82) is 0 Å². The van der Waals surface area contributed by atoms with Gasteiger partial charge in [0.25, 0.3) is 11.8 Å². The third-order valence-electron chi connectivity index (χ3n) is 4.19. The summed E-state index contributed by atoms with van der Waals surface area (Å²) in [5.41, 5.74) is 7.86. The number of nitrogens with one attached hydrogen (secondary N) is 2. The average molecular weight is 395 g/mol. The van der Waals surface area contributed by atoms with Crippen LogP contribution in [0.25, 0.3) is 0 Å². The number of nitrogens with two attached hydrogens (primary N) is 1. The maximum Gasteiger partial charge on any atom is 0.271 e. The second kappa shape index (κ2) is 10.7. The summed E-state index contributed by atoms with van der Waals surface area (Å²) >= 11 is 0. The predicted molar refractivity (Wildman–Crippen MR) is 112 cm³/mol. The van der Waals surface area contributed by atoms with Crippen LogP contribution in [0.15, 0.2) is 61.7 Å². The lowest BCUT2D eigenvalue weighted by Gasteiger charge is -2.31. The van der Waals surface area contributed by atoms with E-state index in [-0.39, 0.29) is 5.56 Å². The number of anilines is 1. The van der Waals surface area contributed by atoms with E-state index in [1.54, 1.807) is 36.4 Å². The normalized spacial score (nSPS) is 12.7. The molecule has 2 rings (SSSR count). The van der Waals surface area contributed by atoms with Crippen LogP contribution >= 0.6 is 0 Å². The molecule has 7 nitrogen and oxygen atoms in total. The van der Waals surface area contributed by atoms with Crippen LogP contribution in [-0.2, 0) is 4.79 Å². The Morgan fingerprint density at radius 1 is 1.03 bits per heavy atom. The van der Waals surface area contributed by atoms with Crippen molar-refractivity contribution in [3.05, 3.63) is 78.4 Å². The fourth-order valence-electron chi connectivity index (χ4n) is 2.19. The number of nitrogen functional groups attached to an aromatic ring is 1. The molecular formula is C22H25N3O4. The Labute approximate surface area is 170 Å². The highest BCUT2D eigenvalue weighted by molar-refractivity contribution is 5.99. The minimum Gasteiger partial charge on any atom is -0.399 e. The monoisotopic (exact) mass is 395 g/mol. The van der Waals surface area contributed by atoms with Gasteiger partial charge in [0.2, 0.25) is 0 Å². The second-order valence-electron chi connectivity index (χ2n) is 6.22. The largest absolute Gasteiger partial charge is 0.399 e. The summed E-state index contributed by atoms with van der Waals surface area (Å²) in [5, 5.41) is 21.1. The van der Waals surface area contributed by atoms with Crippen LogP contribution in [0.2, 0.25) is 0 Å². The summed E-state index contributed by atoms with van der Waals surface area (Å²) in [6, 6.07) is 13.6. The highest BCUT2D eigenvalue weighted by Gasteiger charge is 2.39. The van der Waals surface area contributed by atoms with Gasteiger partial charge in [-0.05, 0) is 62.4 Å². The van der Waals surface area contributed by atoms with Crippen molar-refractivity contribution in [3.63, 3.8) is 0 Å². The van der Waals surface area contributed by atoms with E-state index in [0.717, 1.165) is 5.56 Å². The van der Waals surface area contributed by atoms with Crippen LogP contribution in [0.1, 0.15) is 35.3 Å². The minimum atomic E-state index is -1.68. The SMILES string of the molecule is C=C.CC(O)C(C)(NC(=O)c1ccc(C#Cc2ccc(N)cc2)cc1)C(=O)NO. The summed E-state index contributed by atoms with van der Waals surface area (Å²) in [6.07, 6.45) is -1.22. The molecular weight excluding hydrogens is 370 g/mol. The van der Waals surface area contributed by atoms with Gasteiger partial charge in [-0.25, -0.2) is 5.48 Å². The maximum atomic E-state index is 12.4. The van der Waals surface area contributed by atoms with Gasteiger partial charge in [0, 0.05) is 22.4 Å². The Hall–Kier alpha value is -3.60. The number of aliphatic hydroxyl groups excluding tert-OH is 1. The number of benzene rings is 2. The van der Waals surface area contributed by atoms with E-state index in [0.29, 0.717) is 11.3 Å². The minimum absolute atomic E-state index is 0.283. The molecule has 7 heteroatoms. The second-order valence-corrected chi connectivity index (χ2v) is 6.22. The summed E-state index contributed by atoms with van der Waals surface area (Å²) in [4.78, 5) is 24.2. The molecule has 0 aromatic heterocycles. The number of hydroxylamine groups is 1. The first kappa shape index (κ1) is 23.4. The molecule has 0 fully saturated rings. The van der Waals surface area contributed by atoms with E-state index in [9.17, 15) is 14.7 Å². The molecule has 0 aliphatic rings. The summed E-state index contributed by atoms with van der Waals surface area (Å²) < 4.78 is 0. The van der Waals surface area contributed by atoms with Crippen LogP contribution in [-0.4, -0.2) is 33.8 Å². The van der Waals surface area contributed by atoms with E-state index in [4.69, 9.17) is 10.9 Å². The van der Waals surface area contributed by atoms with Gasteiger partial charge in [-0.2, -0.15) is 0 Å². The zero-order valence-corrected chi connectivity index (χ0v) is 16.4. The molecule has 0 bridgehead atoms. The molecule has 0 radical (unpaired) electrons. The zero-order valence-electron chi connectivity index (χ0n) is 16.4. The summed E-state index contributed by atoms with van der Waals surface area (Å²) in [7, 11) is 0. The van der Waals surface area contributed by atoms with Crippen molar-refractivity contribution in [2.24, 2.45) is 0 Å². The Morgan fingerprint density at radius 3 is 1.90 bits per heavy atom. The highest BCUT2D eigenvalue weighted by Crippen LogP contribution is 2.13. The van der Waals surface area contributed by atoms with Crippen molar-refractivity contribution in [3.8, 4) is 11.8 Å². The van der Waals surface area contributed by atoms with E-state index in [1.807, 2.05) is 12.1 Å². The molecule has 0 heterocycles. The molecule has 0 spiro atoms. The number of carbonyl (C=O) groups excluding carboxylic acids is 2. The van der Waals surface area contributed by atoms with Crippen LogP contribution in [0, 0.1) is 11.8 Å². The number of hydrogen-bond acceptors (Lipinski definition) is 5. The number of carbonyl (C=O) groups is 2. The molecule has 2 atom stereocenters. The first-order chi connectivity index (χ1) is 13.8. The van der Waals surface area contributed by atoms with Crippen LogP contribution < -0.4 is 16.5 Å². The van der Waals surface area contributed by atoms with Gasteiger partial charge in [0.05, 0.1) is 6.10 Å². The van der Waals surface area contributed by atoms with Gasteiger partial charge in [-0.1, -0.05) is 11.8 Å². The molecule has 2 amide bonds. The fourth-order valence-corrected chi connectivity index (χ4v) is 2.19. The van der Waals surface area contributed by atoms with Gasteiger partial charge < -0.3 is 16.2 Å². The van der Waals surface area contributed by atoms with E-state index < -0.39 is 23.5 Å².